The van der Waals surface area contributed by atoms with Crippen LogP contribution in [0.25, 0.3) is 0 Å². The van der Waals surface area contributed by atoms with E-state index in [0.717, 1.165) is 74.4 Å². The fraction of sp³-hybridized carbons (Fsp3) is 0.636. The Bertz CT molecular complexity index is 961. The third kappa shape index (κ3) is 3.66. The maximum Gasteiger partial charge on any atom is 0.289 e. The van der Waals surface area contributed by atoms with E-state index >= 15 is 0 Å². The number of nitrogens with zero attached hydrogens (tertiary/aromatic N) is 4. The van der Waals surface area contributed by atoms with Gasteiger partial charge in [0, 0.05) is 32.1 Å². The van der Waals surface area contributed by atoms with E-state index in [1.165, 1.54) is 24.2 Å². The third-order valence-electron chi connectivity index (χ3n) is 7.13. The molecule has 1 aliphatic carbocycles. The normalized spacial score (nSPS) is 24.2. The molecule has 1 N–H and O–H groups in total. The number of hydrogen-bond acceptors (Lipinski definition) is 5. The summed E-state index contributed by atoms with van der Waals surface area (Å²) in [5, 5.41) is 13.7. The highest BCUT2D eigenvalue weighted by molar-refractivity contribution is 7.12. The van der Waals surface area contributed by atoms with E-state index in [1.807, 2.05) is 27.8 Å². The molecule has 2 aromatic rings. The van der Waals surface area contributed by atoms with Crippen LogP contribution in [0.3, 0.4) is 0 Å². The number of nitrogens with one attached hydrogen (secondary N) is 1. The van der Waals surface area contributed by atoms with Crippen LogP contribution in [0.2, 0.25) is 0 Å². The molecule has 4 heterocycles. The molecule has 2 aliphatic heterocycles. The first-order valence-electron chi connectivity index (χ1n) is 11.1. The molecular weight excluding hydrogens is 398 g/mol. The maximum absolute atomic E-state index is 12.9. The van der Waals surface area contributed by atoms with Crippen LogP contribution < -0.4 is 5.32 Å². The molecule has 2 aromatic heterocycles. The minimum atomic E-state index is -0.0899. The second kappa shape index (κ2) is 7.80. The number of likely N-dealkylation sites (tertiary alicyclic amines) is 1. The molecule has 1 saturated carbocycles. The molecule has 160 valence electrons. The minimum absolute atomic E-state index is 0.0899. The van der Waals surface area contributed by atoms with E-state index in [9.17, 15) is 9.59 Å². The summed E-state index contributed by atoms with van der Waals surface area (Å²) < 4.78 is 2.02. The van der Waals surface area contributed by atoms with Crippen molar-refractivity contribution in [2.45, 2.75) is 70.9 Å². The van der Waals surface area contributed by atoms with Crippen LogP contribution in [0.4, 0.5) is 0 Å². The van der Waals surface area contributed by atoms with Crippen molar-refractivity contribution in [2.75, 3.05) is 13.1 Å². The van der Waals surface area contributed by atoms with E-state index in [2.05, 4.69) is 15.5 Å². The highest BCUT2D eigenvalue weighted by Gasteiger charge is 2.42. The monoisotopic (exact) mass is 427 g/mol. The van der Waals surface area contributed by atoms with E-state index in [4.69, 9.17) is 0 Å². The molecule has 3 aliphatic rings. The zero-order valence-corrected chi connectivity index (χ0v) is 18.3. The van der Waals surface area contributed by atoms with Crippen LogP contribution in [0.5, 0.6) is 0 Å². The summed E-state index contributed by atoms with van der Waals surface area (Å²) >= 11 is 1.53. The topological polar surface area (TPSA) is 80.1 Å². The fourth-order valence-electron chi connectivity index (χ4n) is 5.31. The van der Waals surface area contributed by atoms with Crippen LogP contribution in [-0.4, -0.2) is 50.6 Å². The van der Waals surface area contributed by atoms with Crippen LogP contribution in [0.15, 0.2) is 11.4 Å². The Balaban J connectivity index is 1.26. The minimum Gasteiger partial charge on any atom is -0.347 e. The van der Waals surface area contributed by atoms with Gasteiger partial charge in [0.25, 0.3) is 11.8 Å². The maximum atomic E-state index is 12.9. The molecule has 1 unspecified atom stereocenters. The first-order valence-corrected chi connectivity index (χ1v) is 12.0. The molecule has 8 heteroatoms. The molecule has 0 radical (unpaired) electrons. The predicted octanol–water partition coefficient (Wildman–Crippen LogP) is 3.19. The largest absolute Gasteiger partial charge is 0.347 e. The average molecular weight is 428 g/mol. The lowest BCUT2D eigenvalue weighted by molar-refractivity contribution is 0.0771. The fourth-order valence-corrected chi connectivity index (χ4v) is 6.17. The quantitative estimate of drug-likeness (QED) is 0.816. The first-order chi connectivity index (χ1) is 14.5. The Morgan fingerprint density at radius 1 is 1.17 bits per heavy atom. The average Bonchev–Trinajstić information content (AvgIpc) is 3.50. The van der Waals surface area contributed by atoms with Gasteiger partial charge in [0.2, 0.25) is 5.82 Å². The lowest BCUT2D eigenvalue weighted by atomic mass is 9.80. The summed E-state index contributed by atoms with van der Waals surface area (Å²) in [6, 6.07) is 2.26. The third-order valence-corrected chi connectivity index (χ3v) is 8.17. The summed E-state index contributed by atoms with van der Waals surface area (Å²) in [6.45, 7) is 4.38. The zero-order chi connectivity index (χ0) is 20.7. The van der Waals surface area contributed by atoms with Gasteiger partial charge in [0.05, 0.1) is 4.88 Å². The number of aryl methyl sites for hydroxylation is 2. The van der Waals surface area contributed by atoms with Crippen LogP contribution in [0.1, 0.15) is 76.6 Å². The molecule has 30 heavy (non-hydrogen) atoms. The molecule has 0 bridgehead atoms. The highest BCUT2D eigenvalue weighted by Crippen LogP contribution is 2.41. The van der Waals surface area contributed by atoms with Crippen molar-refractivity contribution in [1.29, 1.82) is 0 Å². The van der Waals surface area contributed by atoms with E-state index in [1.54, 1.807) is 0 Å². The predicted molar refractivity (Wildman–Crippen MR) is 115 cm³/mol. The molecular formula is C22H29N5O2S. The van der Waals surface area contributed by atoms with Gasteiger partial charge < -0.3 is 14.8 Å². The Hall–Kier alpha value is -2.22. The van der Waals surface area contributed by atoms with Crippen LogP contribution in [-0.2, 0) is 13.0 Å². The number of thiophene rings is 1. The smallest absolute Gasteiger partial charge is 0.289 e. The summed E-state index contributed by atoms with van der Waals surface area (Å²) in [4.78, 5) is 28.5. The molecule has 0 aromatic carbocycles. The van der Waals surface area contributed by atoms with Crippen LogP contribution in [0, 0.1) is 12.3 Å². The van der Waals surface area contributed by atoms with E-state index in [0.29, 0.717) is 5.82 Å². The van der Waals surface area contributed by atoms with Gasteiger partial charge in [-0.3, -0.25) is 9.59 Å². The van der Waals surface area contributed by atoms with Gasteiger partial charge in [0.1, 0.15) is 5.82 Å². The lowest BCUT2D eigenvalue weighted by Gasteiger charge is -2.27. The standard InChI is InChI=1S/C22H29N5O2S/c1-15-12-17(30-13-15)21(29)26-10-8-22(14-26)7-6-18-24-25-19(27(18)11-9-22)20(28)23-16-4-2-3-5-16/h12-13,16H,2-11,14H2,1H3,(H,23,28). The second-order valence-corrected chi connectivity index (χ2v) is 10.2. The first kappa shape index (κ1) is 19.7. The van der Waals surface area contributed by atoms with Crippen molar-refractivity contribution in [2.24, 2.45) is 5.41 Å². The van der Waals surface area contributed by atoms with Crippen molar-refractivity contribution in [3.8, 4) is 0 Å². The number of rotatable bonds is 3. The zero-order valence-electron chi connectivity index (χ0n) is 17.5. The molecule has 2 fully saturated rings. The van der Waals surface area contributed by atoms with Gasteiger partial charge in [-0.1, -0.05) is 12.8 Å². The summed E-state index contributed by atoms with van der Waals surface area (Å²) in [5.41, 5.74) is 1.26. The molecule has 1 atom stereocenters. The highest BCUT2D eigenvalue weighted by atomic mass is 32.1. The van der Waals surface area contributed by atoms with Gasteiger partial charge in [-0.05, 0) is 61.5 Å². The van der Waals surface area contributed by atoms with E-state index < -0.39 is 0 Å². The van der Waals surface area contributed by atoms with Crippen molar-refractivity contribution < 1.29 is 9.59 Å². The van der Waals surface area contributed by atoms with Gasteiger partial charge in [-0.15, -0.1) is 21.5 Å². The molecule has 1 saturated heterocycles. The number of hydrogen-bond donors (Lipinski definition) is 1. The van der Waals surface area contributed by atoms with Crippen LogP contribution >= 0.6 is 11.3 Å². The number of aromatic nitrogens is 3. The summed E-state index contributed by atoms with van der Waals surface area (Å²) in [7, 11) is 0. The van der Waals surface area contributed by atoms with E-state index in [-0.39, 0.29) is 23.3 Å². The number of fused-ring (bicyclic) bond motifs is 1. The molecule has 5 rings (SSSR count). The Morgan fingerprint density at radius 2 is 1.97 bits per heavy atom. The summed E-state index contributed by atoms with van der Waals surface area (Å²) in [5.74, 6) is 1.43. The Kier molecular flexibility index (Phi) is 5.13. The molecule has 1 spiro atoms. The second-order valence-electron chi connectivity index (χ2n) is 9.26. The van der Waals surface area contributed by atoms with Crippen molar-refractivity contribution in [3.63, 3.8) is 0 Å². The molecule has 2 amide bonds. The molecule has 7 nitrogen and oxygen atoms in total. The van der Waals surface area contributed by atoms with Crippen molar-refractivity contribution in [1.82, 2.24) is 25.0 Å². The number of carbonyl (C=O) groups excluding carboxylic acids is 2. The Labute approximate surface area is 180 Å². The Morgan fingerprint density at radius 3 is 2.73 bits per heavy atom. The van der Waals surface area contributed by atoms with Crippen molar-refractivity contribution >= 4 is 23.2 Å². The van der Waals surface area contributed by atoms with Gasteiger partial charge in [0.15, 0.2) is 0 Å². The van der Waals surface area contributed by atoms with Gasteiger partial charge in [-0.25, -0.2) is 0 Å². The SMILES string of the molecule is Cc1csc(C(=O)N2CCC3(CCc4nnc(C(=O)NC5CCCC5)n4CC3)C2)c1. The lowest BCUT2D eigenvalue weighted by Crippen LogP contribution is -2.35. The number of amides is 2. The van der Waals surface area contributed by atoms with Gasteiger partial charge >= 0.3 is 0 Å². The van der Waals surface area contributed by atoms with Gasteiger partial charge in [-0.2, -0.15) is 0 Å². The summed E-state index contributed by atoms with van der Waals surface area (Å²) in [6.07, 6.45) is 8.26. The number of carbonyl (C=O) groups is 2. The van der Waals surface area contributed by atoms with Crippen molar-refractivity contribution in [3.05, 3.63) is 33.5 Å².